The molecular formula is C26H30F2N4O4. The van der Waals surface area contributed by atoms with Crippen molar-refractivity contribution in [3.05, 3.63) is 71.6 Å². The summed E-state index contributed by atoms with van der Waals surface area (Å²) in [6.45, 7) is 3.18. The van der Waals surface area contributed by atoms with Crippen molar-refractivity contribution >= 4 is 22.8 Å². The lowest BCUT2D eigenvalue weighted by Gasteiger charge is -2.28. The summed E-state index contributed by atoms with van der Waals surface area (Å²) < 4.78 is 27.6. The number of nitrogens with one attached hydrogen (secondary N) is 1. The lowest BCUT2D eigenvalue weighted by molar-refractivity contribution is -0.123. The number of halogens is 2. The van der Waals surface area contributed by atoms with Crippen LogP contribution in [0.3, 0.4) is 0 Å². The maximum Gasteiger partial charge on any atom is 0.271 e. The van der Waals surface area contributed by atoms with Crippen molar-refractivity contribution in [2.24, 2.45) is 11.7 Å². The van der Waals surface area contributed by atoms with Crippen LogP contribution in [-0.2, 0) is 11.2 Å². The number of amides is 2. The lowest BCUT2D eigenvalue weighted by atomic mass is 9.87. The van der Waals surface area contributed by atoms with E-state index in [4.69, 9.17) is 5.73 Å². The first kappa shape index (κ1) is 27.1. The molecule has 0 saturated heterocycles. The minimum atomic E-state index is -1.30. The number of hydrogen-bond acceptors (Lipinski definition) is 6. The topological polar surface area (TPSA) is 138 Å². The van der Waals surface area contributed by atoms with Gasteiger partial charge in [0.1, 0.15) is 17.3 Å². The molecule has 36 heavy (non-hydrogen) atoms. The number of nitrogens with two attached hydrogens (primary N) is 1. The first-order chi connectivity index (χ1) is 16.9. The van der Waals surface area contributed by atoms with Crippen LogP contribution in [0, 0.1) is 17.6 Å². The van der Waals surface area contributed by atoms with Gasteiger partial charge < -0.3 is 21.3 Å². The van der Waals surface area contributed by atoms with E-state index in [1.54, 1.807) is 38.1 Å². The molecule has 0 unspecified atom stereocenters. The molecule has 8 nitrogen and oxygen atoms in total. The predicted molar refractivity (Wildman–Crippen MR) is 130 cm³/mol. The van der Waals surface area contributed by atoms with E-state index in [1.807, 2.05) is 0 Å². The number of aliphatic hydroxyl groups excluding tert-OH is 1. The van der Waals surface area contributed by atoms with E-state index in [9.17, 15) is 28.6 Å². The van der Waals surface area contributed by atoms with Crippen molar-refractivity contribution < 1.29 is 28.6 Å². The Labute approximate surface area is 207 Å². The second-order valence-corrected chi connectivity index (χ2v) is 9.56. The molecule has 1 heterocycles. The van der Waals surface area contributed by atoms with Crippen LogP contribution in [0.5, 0.6) is 0 Å². The molecular weight excluding hydrogens is 470 g/mol. The Morgan fingerprint density at radius 2 is 1.75 bits per heavy atom. The summed E-state index contributed by atoms with van der Waals surface area (Å²) in [6.07, 6.45) is 0.205. The number of benzene rings is 2. The highest BCUT2D eigenvalue weighted by atomic mass is 19.1. The van der Waals surface area contributed by atoms with Crippen LogP contribution in [0.2, 0.25) is 0 Å². The SMILES string of the molecule is CC(C)(O)CC[C@H](C[C@H](O)[C@H](Cc1cc(F)cc(F)c1)NC(=O)c1cnc2ccccc2n1)C(N)=O. The predicted octanol–water partition coefficient (Wildman–Crippen LogP) is 2.65. The van der Waals surface area contributed by atoms with Crippen LogP contribution < -0.4 is 11.1 Å². The van der Waals surface area contributed by atoms with Gasteiger partial charge in [-0.1, -0.05) is 12.1 Å². The average Bonchev–Trinajstić information content (AvgIpc) is 2.79. The minimum Gasteiger partial charge on any atom is -0.391 e. The number of primary amides is 1. The molecule has 1 aromatic heterocycles. The maximum absolute atomic E-state index is 13.8. The summed E-state index contributed by atoms with van der Waals surface area (Å²) in [5.74, 6) is -3.72. The summed E-state index contributed by atoms with van der Waals surface area (Å²) in [5.41, 5.74) is 5.76. The van der Waals surface area contributed by atoms with E-state index in [0.29, 0.717) is 11.0 Å². The van der Waals surface area contributed by atoms with Gasteiger partial charge in [0, 0.05) is 12.0 Å². The van der Waals surface area contributed by atoms with Gasteiger partial charge in [0.2, 0.25) is 5.91 Å². The van der Waals surface area contributed by atoms with Crippen molar-refractivity contribution in [3.63, 3.8) is 0 Å². The Kier molecular flexibility index (Phi) is 8.65. The molecule has 0 radical (unpaired) electrons. The Morgan fingerprint density at radius 3 is 2.36 bits per heavy atom. The molecule has 2 aromatic carbocycles. The van der Waals surface area contributed by atoms with E-state index in [0.717, 1.165) is 18.2 Å². The summed E-state index contributed by atoms with van der Waals surface area (Å²) in [7, 11) is 0. The molecule has 5 N–H and O–H groups in total. The van der Waals surface area contributed by atoms with Gasteiger partial charge >= 0.3 is 0 Å². The van der Waals surface area contributed by atoms with Crippen molar-refractivity contribution in [2.45, 2.75) is 57.3 Å². The Morgan fingerprint density at radius 1 is 1.11 bits per heavy atom. The van der Waals surface area contributed by atoms with Crippen molar-refractivity contribution in [1.82, 2.24) is 15.3 Å². The Bertz CT molecular complexity index is 1210. The van der Waals surface area contributed by atoms with E-state index in [2.05, 4.69) is 15.3 Å². The highest BCUT2D eigenvalue weighted by molar-refractivity contribution is 5.94. The molecule has 0 aliphatic carbocycles. The van der Waals surface area contributed by atoms with Gasteiger partial charge in [-0.2, -0.15) is 0 Å². The zero-order valence-electron chi connectivity index (χ0n) is 20.1. The third-order valence-electron chi connectivity index (χ3n) is 5.87. The fourth-order valence-electron chi connectivity index (χ4n) is 3.93. The van der Waals surface area contributed by atoms with Crippen LogP contribution in [0.1, 0.15) is 49.2 Å². The molecule has 3 rings (SSSR count). The van der Waals surface area contributed by atoms with Crippen molar-refractivity contribution in [3.8, 4) is 0 Å². The van der Waals surface area contributed by atoms with Crippen LogP contribution >= 0.6 is 0 Å². The highest BCUT2D eigenvalue weighted by Gasteiger charge is 2.29. The van der Waals surface area contributed by atoms with Crippen LogP contribution in [0.4, 0.5) is 8.78 Å². The molecule has 0 spiro atoms. The lowest BCUT2D eigenvalue weighted by Crippen LogP contribution is -2.46. The van der Waals surface area contributed by atoms with Crippen molar-refractivity contribution in [1.29, 1.82) is 0 Å². The van der Waals surface area contributed by atoms with Crippen molar-refractivity contribution in [2.75, 3.05) is 0 Å². The van der Waals surface area contributed by atoms with E-state index < -0.39 is 47.1 Å². The number of carbonyl (C=O) groups excluding carboxylic acids is 2. The fraction of sp³-hybridized carbons (Fsp3) is 0.385. The summed E-state index contributed by atoms with van der Waals surface area (Å²) >= 11 is 0. The third kappa shape index (κ3) is 7.76. The number of hydrogen-bond donors (Lipinski definition) is 4. The monoisotopic (exact) mass is 500 g/mol. The van der Waals surface area contributed by atoms with Gasteiger partial charge in [0.25, 0.3) is 5.91 Å². The number of fused-ring (bicyclic) bond motifs is 1. The standard InChI is InChI=1S/C26H30F2N4O4/c1-26(2,36)8-7-16(24(29)34)12-23(33)21(11-15-9-17(27)13-18(28)10-15)32-25(35)22-14-30-19-5-3-4-6-20(19)31-22/h3-6,9-10,13-14,16,21,23,33,36H,7-8,11-12H2,1-2H3,(H2,29,34)(H,32,35)/t16-,21+,23+/m1/s1. The average molecular weight is 501 g/mol. The number of para-hydroxylation sites is 2. The van der Waals surface area contributed by atoms with Gasteiger partial charge in [-0.25, -0.2) is 13.8 Å². The number of aliphatic hydroxyl groups is 2. The number of nitrogens with zero attached hydrogens (tertiary/aromatic N) is 2. The molecule has 0 bridgehead atoms. The first-order valence-corrected chi connectivity index (χ1v) is 11.6. The molecule has 3 aromatic rings. The van der Waals surface area contributed by atoms with Crippen LogP contribution in [0.15, 0.2) is 48.7 Å². The molecule has 2 amide bonds. The van der Waals surface area contributed by atoms with Crippen LogP contribution in [0.25, 0.3) is 11.0 Å². The zero-order chi connectivity index (χ0) is 26.5. The third-order valence-corrected chi connectivity index (χ3v) is 5.87. The molecule has 10 heteroatoms. The summed E-state index contributed by atoms with van der Waals surface area (Å²) in [4.78, 5) is 33.5. The second-order valence-electron chi connectivity index (χ2n) is 9.56. The van der Waals surface area contributed by atoms with Gasteiger partial charge in [-0.15, -0.1) is 0 Å². The summed E-state index contributed by atoms with van der Waals surface area (Å²) in [5, 5.41) is 23.7. The first-order valence-electron chi connectivity index (χ1n) is 11.6. The van der Waals surface area contributed by atoms with Gasteiger partial charge in [-0.05, 0) is 69.4 Å². The van der Waals surface area contributed by atoms with Gasteiger partial charge in [-0.3, -0.25) is 14.6 Å². The van der Waals surface area contributed by atoms with E-state index in [1.165, 1.54) is 6.20 Å². The van der Waals surface area contributed by atoms with Gasteiger partial charge in [0.05, 0.1) is 35.0 Å². The fourth-order valence-corrected chi connectivity index (χ4v) is 3.93. The minimum absolute atomic E-state index is 0.00944. The van der Waals surface area contributed by atoms with Gasteiger partial charge in [0.15, 0.2) is 0 Å². The molecule has 0 fully saturated rings. The van der Waals surface area contributed by atoms with E-state index in [-0.39, 0.29) is 36.9 Å². The Hall–Kier alpha value is -3.50. The Balaban J connectivity index is 1.84. The highest BCUT2D eigenvalue weighted by Crippen LogP contribution is 2.22. The second kappa shape index (κ2) is 11.5. The number of aromatic nitrogens is 2. The molecule has 0 aliphatic heterocycles. The molecule has 0 saturated carbocycles. The number of rotatable bonds is 11. The quantitative estimate of drug-likeness (QED) is 0.319. The zero-order valence-corrected chi connectivity index (χ0v) is 20.1. The summed E-state index contributed by atoms with van der Waals surface area (Å²) in [6, 6.07) is 8.87. The molecule has 192 valence electrons. The molecule has 3 atom stereocenters. The smallest absolute Gasteiger partial charge is 0.271 e. The normalized spacial score (nSPS) is 14.3. The van der Waals surface area contributed by atoms with Crippen LogP contribution in [-0.4, -0.2) is 49.7 Å². The molecule has 0 aliphatic rings. The number of carbonyl (C=O) groups is 2. The maximum atomic E-state index is 13.8. The van der Waals surface area contributed by atoms with E-state index >= 15 is 0 Å². The largest absolute Gasteiger partial charge is 0.391 e.